The molecule has 0 radical (unpaired) electrons. The zero-order valence-electron chi connectivity index (χ0n) is 8.92. The summed E-state index contributed by atoms with van der Waals surface area (Å²) in [6.07, 6.45) is 0. The van der Waals surface area contributed by atoms with E-state index >= 15 is 0 Å². The Morgan fingerprint density at radius 3 is 2.69 bits per heavy atom. The zero-order valence-corrected chi connectivity index (χ0v) is 8.92. The highest BCUT2D eigenvalue weighted by atomic mass is 19.1. The minimum atomic E-state index is -0.919. The van der Waals surface area contributed by atoms with Crippen LogP contribution in [0.2, 0.25) is 0 Å². The largest absolute Gasteiger partial charge is 0.328 e. The first-order chi connectivity index (χ1) is 7.49. The maximum Gasteiger partial charge on any atom is 0.260 e. The summed E-state index contributed by atoms with van der Waals surface area (Å²) in [7, 11) is 1.31. The predicted molar refractivity (Wildman–Crippen MR) is 53.7 cm³/mol. The fourth-order valence-corrected chi connectivity index (χ4v) is 1.22. The average molecular weight is 224 g/mol. The molecular weight excluding hydrogens is 214 g/mol. The van der Waals surface area contributed by atoms with Crippen molar-refractivity contribution >= 4 is 5.91 Å². The minimum Gasteiger partial charge on any atom is -0.328 e. The Labute approximate surface area is 91.9 Å². The van der Waals surface area contributed by atoms with Crippen molar-refractivity contribution in [2.24, 2.45) is 0 Å². The molecule has 0 aromatic heterocycles. The summed E-state index contributed by atoms with van der Waals surface area (Å²) < 4.78 is 26.9. The Hall–Kier alpha value is -1.96. The van der Waals surface area contributed by atoms with Gasteiger partial charge in [-0.05, 0) is 18.6 Å². The van der Waals surface area contributed by atoms with Crippen LogP contribution in [0.4, 0.5) is 8.78 Å². The van der Waals surface area contributed by atoms with Crippen LogP contribution in [0.5, 0.6) is 0 Å². The number of carbonyl (C=O) groups excluding carboxylic acids is 1. The number of halogens is 2. The van der Waals surface area contributed by atoms with Crippen molar-refractivity contribution in [2.75, 3.05) is 13.6 Å². The van der Waals surface area contributed by atoms with Crippen molar-refractivity contribution < 1.29 is 13.6 Å². The lowest BCUT2D eigenvalue weighted by Gasteiger charge is -2.14. The van der Waals surface area contributed by atoms with Gasteiger partial charge in [-0.15, -0.1) is 0 Å². The zero-order chi connectivity index (χ0) is 12.3. The highest BCUT2D eigenvalue weighted by molar-refractivity contribution is 5.95. The molecule has 0 N–H and O–H groups in total. The smallest absolute Gasteiger partial charge is 0.260 e. The molecule has 0 fully saturated rings. The first kappa shape index (κ1) is 12.1. The molecule has 1 aromatic rings. The van der Waals surface area contributed by atoms with E-state index in [9.17, 15) is 13.6 Å². The van der Waals surface area contributed by atoms with Crippen LogP contribution in [0, 0.1) is 29.9 Å². The van der Waals surface area contributed by atoms with Gasteiger partial charge in [-0.3, -0.25) is 4.79 Å². The monoisotopic (exact) mass is 224 g/mol. The van der Waals surface area contributed by atoms with Crippen LogP contribution in [0.15, 0.2) is 12.1 Å². The Bertz CT molecular complexity index is 466. The number of carbonyl (C=O) groups is 1. The van der Waals surface area contributed by atoms with Crippen LogP contribution >= 0.6 is 0 Å². The van der Waals surface area contributed by atoms with E-state index < -0.39 is 23.1 Å². The van der Waals surface area contributed by atoms with Gasteiger partial charge in [0.05, 0.1) is 6.07 Å². The third kappa shape index (κ3) is 2.16. The van der Waals surface area contributed by atoms with Crippen LogP contribution in [0.3, 0.4) is 0 Å². The number of amides is 1. The highest BCUT2D eigenvalue weighted by Gasteiger charge is 2.21. The van der Waals surface area contributed by atoms with Gasteiger partial charge in [0.25, 0.3) is 5.91 Å². The van der Waals surface area contributed by atoms with Gasteiger partial charge in [-0.25, -0.2) is 8.78 Å². The summed E-state index contributed by atoms with van der Waals surface area (Å²) in [5, 5.41) is 8.39. The van der Waals surface area contributed by atoms with Crippen molar-refractivity contribution in [1.82, 2.24) is 4.90 Å². The molecule has 84 valence electrons. The molecule has 0 atom stereocenters. The van der Waals surface area contributed by atoms with Crippen molar-refractivity contribution in [2.45, 2.75) is 6.92 Å². The van der Waals surface area contributed by atoms with Crippen molar-refractivity contribution in [1.29, 1.82) is 5.26 Å². The SMILES string of the molecule is Cc1ccc(F)c(C(=O)N(C)CC#N)c1F. The van der Waals surface area contributed by atoms with E-state index in [1.165, 1.54) is 20.0 Å². The molecule has 0 unspecified atom stereocenters. The van der Waals surface area contributed by atoms with Crippen molar-refractivity contribution in [3.8, 4) is 6.07 Å². The van der Waals surface area contributed by atoms with Gasteiger partial charge in [0.1, 0.15) is 23.7 Å². The van der Waals surface area contributed by atoms with Gasteiger partial charge in [-0.2, -0.15) is 5.26 Å². The average Bonchev–Trinajstić information content (AvgIpc) is 2.24. The summed E-state index contributed by atoms with van der Waals surface area (Å²) in [4.78, 5) is 12.6. The molecule has 5 heteroatoms. The minimum absolute atomic E-state index is 0.190. The topological polar surface area (TPSA) is 44.1 Å². The van der Waals surface area contributed by atoms with E-state index in [1.54, 1.807) is 6.07 Å². The number of nitriles is 1. The maximum absolute atomic E-state index is 13.5. The quantitative estimate of drug-likeness (QED) is 0.720. The van der Waals surface area contributed by atoms with Gasteiger partial charge in [0, 0.05) is 7.05 Å². The van der Waals surface area contributed by atoms with Crippen LogP contribution in [0.25, 0.3) is 0 Å². The van der Waals surface area contributed by atoms with Gasteiger partial charge < -0.3 is 4.90 Å². The summed E-state index contributed by atoms with van der Waals surface area (Å²) in [5.41, 5.74) is -0.423. The second-order valence-electron chi connectivity index (χ2n) is 3.37. The molecule has 1 aromatic carbocycles. The third-order valence-corrected chi connectivity index (χ3v) is 2.15. The van der Waals surface area contributed by atoms with Gasteiger partial charge in [0.15, 0.2) is 0 Å². The molecule has 0 saturated heterocycles. The number of rotatable bonds is 2. The van der Waals surface area contributed by atoms with Crippen LogP contribution in [0.1, 0.15) is 15.9 Å². The molecule has 16 heavy (non-hydrogen) atoms. The predicted octanol–water partition coefficient (Wildman–Crippen LogP) is 1.87. The third-order valence-electron chi connectivity index (χ3n) is 2.15. The van der Waals surface area contributed by atoms with E-state index in [0.717, 1.165) is 11.0 Å². The van der Waals surface area contributed by atoms with E-state index in [1.807, 2.05) is 0 Å². The molecule has 1 amide bonds. The Balaban J connectivity index is 3.19. The molecule has 0 heterocycles. The number of aryl methyl sites for hydroxylation is 1. The lowest BCUT2D eigenvalue weighted by atomic mass is 10.1. The van der Waals surface area contributed by atoms with Gasteiger partial charge >= 0.3 is 0 Å². The Morgan fingerprint density at radius 1 is 1.50 bits per heavy atom. The Kier molecular flexibility index (Phi) is 3.56. The van der Waals surface area contributed by atoms with Crippen LogP contribution < -0.4 is 0 Å². The highest BCUT2D eigenvalue weighted by Crippen LogP contribution is 2.17. The van der Waals surface area contributed by atoms with Crippen LogP contribution in [-0.4, -0.2) is 24.4 Å². The lowest BCUT2D eigenvalue weighted by Crippen LogP contribution is -2.29. The summed E-state index contributed by atoms with van der Waals surface area (Å²) in [6, 6.07) is 4.02. The lowest BCUT2D eigenvalue weighted by molar-refractivity contribution is 0.0802. The van der Waals surface area contributed by atoms with E-state index in [4.69, 9.17) is 5.26 Å². The van der Waals surface area contributed by atoms with E-state index in [2.05, 4.69) is 0 Å². The first-order valence-corrected chi connectivity index (χ1v) is 4.56. The van der Waals surface area contributed by atoms with E-state index in [-0.39, 0.29) is 12.1 Å². The summed E-state index contributed by atoms with van der Waals surface area (Å²) >= 11 is 0. The fraction of sp³-hybridized carbons (Fsp3) is 0.273. The summed E-state index contributed by atoms with van der Waals surface area (Å²) in [6.45, 7) is 1.22. The maximum atomic E-state index is 13.5. The number of nitrogens with zero attached hydrogens (tertiary/aromatic N) is 2. The molecule has 1 rings (SSSR count). The van der Waals surface area contributed by atoms with Crippen LogP contribution in [-0.2, 0) is 0 Å². The number of hydrogen-bond donors (Lipinski definition) is 0. The van der Waals surface area contributed by atoms with Gasteiger partial charge in [-0.1, -0.05) is 6.07 Å². The molecule has 0 aliphatic carbocycles. The molecule has 0 aliphatic rings. The standard InChI is InChI=1S/C11H10F2N2O/c1-7-3-4-8(12)9(10(7)13)11(16)15(2)6-5-14/h3-4H,6H2,1-2H3. The number of hydrogen-bond acceptors (Lipinski definition) is 2. The van der Waals surface area contributed by atoms with Crippen molar-refractivity contribution in [3.05, 3.63) is 34.9 Å². The molecule has 0 saturated carbocycles. The number of benzene rings is 1. The first-order valence-electron chi connectivity index (χ1n) is 4.56. The molecule has 3 nitrogen and oxygen atoms in total. The molecule has 0 spiro atoms. The fourth-order valence-electron chi connectivity index (χ4n) is 1.22. The van der Waals surface area contributed by atoms with Crippen molar-refractivity contribution in [3.63, 3.8) is 0 Å². The Morgan fingerprint density at radius 2 is 2.12 bits per heavy atom. The van der Waals surface area contributed by atoms with Gasteiger partial charge in [0.2, 0.25) is 0 Å². The normalized spacial score (nSPS) is 9.69. The molecular formula is C11H10F2N2O. The second kappa shape index (κ2) is 4.71. The van der Waals surface area contributed by atoms with E-state index in [0.29, 0.717) is 0 Å². The second-order valence-corrected chi connectivity index (χ2v) is 3.37. The molecule has 0 aliphatic heterocycles. The summed E-state index contributed by atoms with van der Waals surface area (Å²) in [5.74, 6) is -2.63. The molecule has 0 bridgehead atoms.